The van der Waals surface area contributed by atoms with E-state index in [9.17, 15) is 9.90 Å². The highest BCUT2D eigenvalue weighted by Crippen LogP contribution is 2.16. The van der Waals surface area contributed by atoms with Gasteiger partial charge in [0.15, 0.2) is 0 Å². The second-order valence-corrected chi connectivity index (χ2v) is 6.11. The van der Waals surface area contributed by atoms with Gasteiger partial charge in [-0.3, -0.25) is 4.79 Å². The summed E-state index contributed by atoms with van der Waals surface area (Å²) in [5.74, 6) is -0.311. The second-order valence-electron chi connectivity index (χ2n) is 4.85. The van der Waals surface area contributed by atoms with Crippen molar-refractivity contribution in [3.8, 4) is 0 Å². The molecule has 0 fully saturated rings. The van der Waals surface area contributed by atoms with Crippen LogP contribution >= 0.6 is 11.3 Å². The molecule has 0 aliphatic carbocycles. The van der Waals surface area contributed by atoms with Crippen LogP contribution in [0.2, 0.25) is 0 Å². The minimum atomic E-state index is -0.802. The molecule has 0 amide bonds. The first-order valence-corrected chi connectivity index (χ1v) is 6.97. The fourth-order valence-electron chi connectivity index (χ4n) is 1.75. The lowest BCUT2D eigenvalue weighted by molar-refractivity contribution is -0.136. The molecule has 5 heteroatoms. The largest absolute Gasteiger partial charge is 0.481 e. The Morgan fingerprint density at radius 3 is 2.67 bits per heavy atom. The van der Waals surface area contributed by atoms with Crippen LogP contribution in [0.1, 0.15) is 30.0 Å². The Morgan fingerprint density at radius 2 is 2.06 bits per heavy atom. The van der Waals surface area contributed by atoms with Crippen LogP contribution in [0, 0.1) is 5.92 Å². The number of hydrogen-bond donors (Lipinski definition) is 3. The molecule has 0 bridgehead atoms. The SMILES string of the molecule is CC(C)CC(O)CNCc1ccc(CC(=O)O)s1. The Labute approximate surface area is 112 Å². The number of thiophene rings is 1. The topological polar surface area (TPSA) is 69.6 Å². The van der Waals surface area contributed by atoms with Gasteiger partial charge in [-0.15, -0.1) is 11.3 Å². The van der Waals surface area contributed by atoms with E-state index in [0.29, 0.717) is 19.0 Å². The molecule has 1 rings (SSSR count). The highest BCUT2D eigenvalue weighted by molar-refractivity contribution is 7.12. The van der Waals surface area contributed by atoms with Crippen LogP contribution in [-0.2, 0) is 17.8 Å². The summed E-state index contributed by atoms with van der Waals surface area (Å²) >= 11 is 1.50. The zero-order valence-electron chi connectivity index (χ0n) is 10.8. The predicted molar refractivity (Wildman–Crippen MR) is 72.8 cm³/mol. The first-order chi connectivity index (χ1) is 8.47. The van der Waals surface area contributed by atoms with Gasteiger partial charge in [0, 0.05) is 22.8 Å². The third kappa shape index (κ3) is 6.14. The third-order valence-corrected chi connectivity index (χ3v) is 3.55. The van der Waals surface area contributed by atoms with E-state index in [1.54, 1.807) is 0 Å². The number of nitrogens with one attached hydrogen (secondary N) is 1. The number of rotatable bonds is 8. The maximum Gasteiger partial charge on any atom is 0.308 e. The van der Waals surface area contributed by atoms with Crippen molar-refractivity contribution in [3.05, 3.63) is 21.9 Å². The van der Waals surface area contributed by atoms with Crippen LogP contribution in [0.15, 0.2) is 12.1 Å². The van der Waals surface area contributed by atoms with E-state index in [1.807, 2.05) is 12.1 Å². The molecule has 1 heterocycles. The third-order valence-electron chi connectivity index (χ3n) is 2.47. The van der Waals surface area contributed by atoms with E-state index in [2.05, 4.69) is 19.2 Å². The van der Waals surface area contributed by atoms with Crippen LogP contribution < -0.4 is 5.32 Å². The molecule has 0 spiro atoms. The van der Waals surface area contributed by atoms with Crippen molar-refractivity contribution in [1.29, 1.82) is 0 Å². The fraction of sp³-hybridized carbons (Fsp3) is 0.615. The summed E-state index contributed by atoms with van der Waals surface area (Å²) in [6.07, 6.45) is 0.561. The summed E-state index contributed by atoms with van der Waals surface area (Å²) in [5.41, 5.74) is 0. The van der Waals surface area contributed by atoms with Gasteiger partial charge in [0.1, 0.15) is 0 Å². The van der Waals surface area contributed by atoms with Crippen molar-refractivity contribution in [2.45, 2.75) is 39.3 Å². The van der Waals surface area contributed by atoms with Crippen molar-refractivity contribution in [2.24, 2.45) is 5.92 Å². The Hall–Kier alpha value is -0.910. The number of carbonyl (C=O) groups is 1. The number of carboxylic acids is 1. The van der Waals surface area contributed by atoms with Gasteiger partial charge in [-0.05, 0) is 24.5 Å². The number of aliphatic hydroxyl groups is 1. The molecule has 1 aromatic heterocycles. The van der Waals surface area contributed by atoms with Gasteiger partial charge < -0.3 is 15.5 Å². The Kier molecular flexibility index (Phi) is 6.32. The molecule has 3 N–H and O–H groups in total. The average molecular weight is 271 g/mol. The zero-order chi connectivity index (χ0) is 13.5. The van der Waals surface area contributed by atoms with Crippen LogP contribution in [0.3, 0.4) is 0 Å². The molecular formula is C13H21NO3S. The Balaban J connectivity index is 2.27. The molecule has 1 aromatic rings. The number of aliphatic carboxylic acids is 1. The van der Waals surface area contributed by atoms with E-state index in [1.165, 1.54) is 11.3 Å². The minimum Gasteiger partial charge on any atom is -0.481 e. The molecule has 0 aliphatic rings. The van der Waals surface area contributed by atoms with E-state index >= 15 is 0 Å². The Morgan fingerprint density at radius 1 is 1.39 bits per heavy atom. The van der Waals surface area contributed by atoms with Gasteiger partial charge in [0.05, 0.1) is 12.5 Å². The standard InChI is InChI=1S/C13H21NO3S/c1-9(2)5-10(15)7-14-8-12-4-3-11(18-12)6-13(16)17/h3-4,9-10,14-15H,5-8H2,1-2H3,(H,16,17). The first-order valence-electron chi connectivity index (χ1n) is 6.15. The van der Waals surface area contributed by atoms with Crippen LogP contribution in [0.25, 0.3) is 0 Å². The van der Waals surface area contributed by atoms with Crippen LogP contribution in [-0.4, -0.2) is 28.8 Å². The van der Waals surface area contributed by atoms with Crippen molar-refractivity contribution in [2.75, 3.05) is 6.54 Å². The molecule has 1 unspecified atom stereocenters. The van der Waals surface area contributed by atoms with Crippen LogP contribution in [0.5, 0.6) is 0 Å². The minimum absolute atomic E-state index is 0.0840. The van der Waals surface area contributed by atoms with E-state index in [-0.39, 0.29) is 12.5 Å². The Bertz CT molecular complexity index is 376. The normalized spacial score (nSPS) is 12.9. The summed E-state index contributed by atoms with van der Waals surface area (Å²) in [5, 5.41) is 21.5. The number of hydrogen-bond acceptors (Lipinski definition) is 4. The molecule has 0 saturated carbocycles. The van der Waals surface area contributed by atoms with Crippen molar-refractivity contribution >= 4 is 17.3 Å². The molecular weight excluding hydrogens is 250 g/mol. The molecule has 4 nitrogen and oxygen atoms in total. The summed E-state index contributed by atoms with van der Waals surface area (Å²) in [7, 11) is 0. The summed E-state index contributed by atoms with van der Waals surface area (Å²) in [6.45, 7) is 5.42. The average Bonchev–Trinajstić information content (AvgIpc) is 2.63. The lowest BCUT2D eigenvalue weighted by Crippen LogP contribution is -2.27. The van der Waals surface area contributed by atoms with E-state index in [0.717, 1.165) is 16.2 Å². The maximum absolute atomic E-state index is 10.5. The van der Waals surface area contributed by atoms with Gasteiger partial charge in [-0.25, -0.2) is 0 Å². The molecule has 0 aromatic carbocycles. The molecule has 0 radical (unpaired) electrons. The number of aliphatic hydroxyl groups excluding tert-OH is 1. The second kappa shape index (κ2) is 7.51. The smallest absolute Gasteiger partial charge is 0.308 e. The van der Waals surface area contributed by atoms with Gasteiger partial charge in [-0.1, -0.05) is 13.8 Å². The highest BCUT2D eigenvalue weighted by Gasteiger charge is 2.07. The van der Waals surface area contributed by atoms with E-state index in [4.69, 9.17) is 5.11 Å². The molecule has 0 aliphatic heterocycles. The quantitative estimate of drug-likeness (QED) is 0.675. The van der Waals surface area contributed by atoms with Gasteiger partial charge in [0.2, 0.25) is 0 Å². The number of carboxylic acid groups (broad SMARTS) is 1. The van der Waals surface area contributed by atoms with Crippen molar-refractivity contribution in [1.82, 2.24) is 5.32 Å². The predicted octanol–water partition coefficient (Wildman–Crippen LogP) is 1.87. The molecule has 18 heavy (non-hydrogen) atoms. The van der Waals surface area contributed by atoms with Gasteiger partial charge in [-0.2, -0.15) is 0 Å². The van der Waals surface area contributed by atoms with Gasteiger partial charge in [0.25, 0.3) is 0 Å². The summed E-state index contributed by atoms with van der Waals surface area (Å²) < 4.78 is 0. The van der Waals surface area contributed by atoms with Crippen LogP contribution in [0.4, 0.5) is 0 Å². The molecule has 1 atom stereocenters. The lowest BCUT2D eigenvalue weighted by atomic mass is 10.1. The molecule has 0 saturated heterocycles. The lowest BCUT2D eigenvalue weighted by Gasteiger charge is -2.13. The monoisotopic (exact) mass is 271 g/mol. The van der Waals surface area contributed by atoms with Crippen molar-refractivity contribution < 1.29 is 15.0 Å². The fourth-order valence-corrected chi connectivity index (χ4v) is 2.73. The summed E-state index contributed by atoms with van der Waals surface area (Å²) in [6, 6.07) is 3.78. The zero-order valence-corrected chi connectivity index (χ0v) is 11.7. The van der Waals surface area contributed by atoms with E-state index < -0.39 is 5.97 Å². The first kappa shape index (κ1) is 15.1. The summed E-state index contributed by atoms with van der Waals surface area (Å²) in [4.78, 5) is 12.5. The highest BCUT2D eigenvalue weighted by atomic mass is 32.1. The van der Waals surface area contributed by atoms with Gasteiger partial charge >= 0.3 is 5.97 Å². The maximum atomic E-state index is 10.5. The van der Waals surface area contributed by atoms with Crippen molar-refractivity contribution in [3.63, 3.8) is 0 Å². The molecule has 102 valence electrons.